The van der Waals surface area contributed by atoms with Crippen molar-refractivity contribution in [2.24, 2.45) is 5.92 Å². The maximum Gasteiger partial charge on any atom is 0.309 e. The molecule has 1 unspecified atom stereocenters. The summed E-state index contributed by atoms with van der Waals surface area (Å²) >= 11 is 0. The predicted octanol–water partition coefficient (Wildman–Crippen LogP) is 2.42. The highest BCUT2D eigenvalue weighted by Crippen LogP contribution is 2.23. The van der Waals surface area contributed by atoms with Crippen LogP contribution in [-0.4, -0.2) is 31.6 Å². The molecule has 0 N–H and O–H groups in total. The molecule has 19 heavy (non-hydrogen) atoms. The van der Waals surface area contributed by atoms with Crippen LogP contribution in [0.3, 0.4) is 0 Å². The van der Waals surface area contributed by atoms with E-state index >= 15 is 0 Å². The molecule has 2 rings (SSSR count). The summed E-state index contributed by atoms with van der Waals surface area (Å²) in [5.74, 6) is -0.217. The highest BCUT2D eigenvalue weighted by Gasteiger charge is 2.16. The number of nitrogens with zero attached hydrogens (tertiary/aromatic N) is 1. The van der Waals surface area contributed by atoms with E-state index in [0.717, 1.165) is 13.1 Å². The first-order valence-electron chi connectivity index (χ1n) is 6.97. The molecule has 0 heterocycles. The Morgan fingerprint density at radius 3 is 2.84 bits per heavy atom. The van der Waals surface area contributed by atoms with Crippen LogP contribution in [0.2, 0.25) is 0 Å². The molecule has 1 aromatic rings. The zero-order chi connectivity index (χ0) is 13.8. The smallest absolute Gasteiger partial charge is 0.309 e. The largest absolute Gasteiger partial charge is 0.469 e. The zero-order valence-electron chi connectivity index (χ0n) is 12.1. The maximum absolute atomic E-state index is 11.4. The minimum Gasteiger partial charge on any atom is -0.469 e. The number of hydrogen-bond donors (Lipinski definition) is 0. The average molecular weight is 261 g/mol. The number of hydrogen-bond acceptors (Lipinski definition) is 3. The molecule has 0 saturated carbocycles. The van der Waals surface area contributed by atoms with Crippen LogP contribution in [0, 0.1) is 5.92 Å². The number of aryl methyl sites for hydroxylation is 2. The number of ether oxygens (including phenoxy) is 1. The van der Waals surface area contributed by atoms with Crippen LogP contribution in [0.25, 0.3) is 0 Å². The molecule has 0 fully saturated rings. The lowest BCUT2D eigenvalue weighted by molar-refractivity contribution is -0.145. The Kier molecular flexibility index (Phi) is 4.59. The van der Waals surface area contributed by atoms with Crippen molar-refractivity contribution in [1.29, 1.82) is 0 Å². The maximum atomic E-state index is 11.4. The molecule has 1 atom stereocenters. The van der Waals surface area contributed by atoms with Gasteiger partial charge in [0, 0.05) is 13.1 Å². The summed E-state index contributed by atoms with van der Waals surface area (Å²) in [7, 11) is 3.49. The van der Waals surface area contributed by atoms with E-state index in [2.05, 4.69) is 23.1 Å². The lowest BCUT2D eigenvalue weighted by Crippen LogP contribution is -2.29. The van der Waals surface area contributed by atoms with Crippen molar-refractivity contribution >= 4 is 5.97 Å². The molecule has 0 radical (unpaired) electrons. The van der Waals surface area contributed by atoms with Crippen molar-refractivity contribution in [3.63, 3.8) is 0 Å². The quantitative estimate of drug-likeness (QED) is 0.762. The lowest BCUT2D eigenvalue weighted by atomic mass is 10.1. The summed E-state index contributed by atoms with van der Waals surface area (Å²) < 4.78 is 4.76. The molecule has 0 amide bonds. The van der Waals surface area contributed by atoms with Crippen LogP contribution < -0.4 is 0 Å². The van der Waals surface area contributed by atoms with E-state index in [4.69, 9.17) is 4.74 Å². The molecule has 3 heteroatoms. The van der Waals surface area contributed by atoms with Gasteiger partial charge in [-0.25, -0.2) is 0 Å². The van der Waals surface area contributed by atoms with Gasteiger partial charge < -0.3 is 9.64 Å². The second-order valence-electron chi connectivity index (χ2n) is 5.58. The summed E-state index contributed by atoms with van der Waals surface area (Å²) in [6.45, 7) is 3.52. The van der Waals surface area contributed by atoms with Gasteiger partial charge >= 0.3 is 5.97 Å². The first-order chi connectivity index (χ1) is 9.10. The van der Waals surface area contributed by atoms with Gasteiger partial charge in [-0.3, -0.25) is 4.79 Å². The highest BCUT2D eigenvalue weighted by atomic mass is 16.5. The van der Waals surface area contributed by atoms with Gasteiger partial charge in [0.25, 0.3) is 0 Å². The van der Waals surface area contributed by atoms with Crippen LogP contribution in [0.1, 0.15) is 30.0 Å². The van der Waals surface area contributed by atoms with E-state index in [1.54, 1.807) is 0 Å². The molecule has 1 aliphatic carbocycles. The fourth-order valence-electron chi connectivity index (χ4n) is 2.84. The third-order valence-corrected chi connectivity index (χ3v) is 3.80. The van der Waals surface area contributed by atoms with Crippen LogP contribution >= 0.6 is 0 Å². The topological polar surface area (TPSA) is 29.5 Å². The van der Waals surface area contributed by atoms with Gasteiger partial charge in [-0.05, 0) is 43.0 Å². The Balaban J connectivity index is 1.92. The van der Waals surface area contributed by atoms with E-state index in [1.165, 1.54) is 43.1 Å². The molecule has 0 spiro atoms. The molecule has 3 nitrogen and oxygen atoms in total. The van der Waals surface area contributed by atoms with Gasteiger partial charge in [-0.1, -0.05) is 25.1 Å². The van der Waals surface area contributed by atoms with E-state index in [-0.39, 0.29) is 11.9 Å². The fraction of sp³-hybridized carbons (Fsp3) is 0.562. The average Bonchev–Trinajstić information content (AvgIpc) is 2.84. The molecule has 0 aliphatic heterocycles. The normalized spacial score (nSPS) is 15.4. The summed E-state index contributed by atoms with van der Waals surface area (Å²) in [6, 6.07) is 6.79. The molecule has 104 valence electrons. The Hall–Kier alpha value is -1.35. The lowest BCUT2D eigenvalue weighted by Gasteiger charge is -2.20. The van der Waals surface area contributed by atoms with Crippen molar-refractivity contribution in [3.8, 4) is 0 Å². The standard InChI is InChI=1S/C16H23NO2/c1-12(16(18)19-3)10-17(2)11-13-7-8-14-5-4-6-15(14)9-13/h7-9,12H,4-6,10-11H2,1-3H3. The first kappa shape index (κ1) is 14.1. The van der Waals surface area contributed by atoms with Crippen molar-refractivity contribution in [3.05, 3.63) is 34.9 Å². The summed E-state index contributed by atoms with van der Waals surface area (Å²) in [6.07, 6.45) is 3.73. The summed E-state index contributed by atoms with van der Waals surface area (Å²) in [5.41, 5.74) is 4.35. The molecule has 0 bridgehead atoms. The predicted molar refractivity (Wildman–Crippen MR) is 76.0 cm³/mol. The molecule has 1 aliphatic rings. The van der Waals surface area contributed by atoms with E-state index in [1.807, 2.05) is 14.0 Å². The van der Waals surface area contributed by atoms with E-state index in [0.29, 0.717) is 0 Å². The van der Waals surface area contributed by atoms with E-state index in [9.17, 15) is 4.79 Å². The SMILES string of the molecule is COC(=O)C(C)CN(C)Cc1ccc2c(c1)CCC2. The van der Waals surface area contributed by atoms with Gasteiger partial charge in [-0.2, -0.15) is 0 Å². The van der Waals surface area contributed by atoms with Gasteiger partial charge in [0.15, 0.2) is 0 Å². The first-order valence-corrected chi connectivity index (χ1v) is 6.97. The Morgan fingerprint density at radius 1 is 1.37 bits per heavy atom. The van der Waals surface area contributed by atoms with Crippen molar-refractivity contribution in [1.82, 2.24) is 4.90 Å². The highest BCUT2D eigenvalue weighted by molar-refractivity contribution is 5.72. The number of carbonyl (C=O) groups is 1. The number of methoxy groups -OCH3 is 1. The minimum atomic E-state index is -0.138. The number of benzene rings is 1. The third-order valence-electron chi connectivity index (χ3n) is 3.80. The van der Waals surface area contributed by atoms with Crippen LogP contribution in [-0.2, 0) is 28.9 Å². The summed E-state index contributed by atoms with van der Waals surface area (Å²) in [5, 5.41) is 0. The van der Waals surface area contributed by atoms with Crippen molar-refractivity contribution in [2.45, 2.75) is 32.7 Å². The zero-order valence-corrected chi connectivity index (χ0v) is 12.1. The van der Waals surface area contributed by atoms with E-state index < -0.39 is 0 Å². The molecular weight excluding hydrogens is 238 g/mol. The third kappa shape index (κ3) is 3.57. The fourth-order valence-corrected chi connectivity index (χ4v) is 2.84. The molecule has 1 aromatic carbocycles. The number of carbonyl (C=O) groups excluding carboxylic acids is 1. The number of esters is 1. The van der Waals surface area contributed by atoms with Crippen molar-refractivity contribution in [2.75, 3.05) is 20.7 Å². The minimum absolute atomic E-state index is 0.0792. The molecule has 0 saturated heterocycles. The molecule has 0 aromatic heterocycles. The monoisotopic (exact) mass is 261 g/mol. The Bertz CT molecular complexity index is 456. The second kappa shape index (κ2) is 6.20. The number of rotatable bonds is 5. The van der Waals surface area contributed by atoms with Crippen LogP contribution in [0.5, 0.6) is 0 Å². The second-order valence-corrected chi connectivity index (χ2v) is 5.58. The van der Waals surface area contributed by atoms with Gasteiger partial charge in [0.2, 0.25) is 0 Å². The summed E-state index contributed by atoms with van der Waals surface area (Å²) in [4.78, 5) is 13.6. The van der Waals surface area contributed by atoms with Gasteiger partial charge in [-0.15, -0.1) is 0 Å². The number of fused-ring (bicyclic) bond motifs is 1. The van der Waals surface area contributed by atoms with Gasteiger partial charge in [0.1, 0.15) is 0 Å². The Labute approximate surface area is 115 Å². The Morgan fingerprint density at radius 2 is 2.11 bits per heavy atom. The van der Waals surface area contributed by atoms with Crippen molar-refractivity contribution < 1.29 is 9.53 Å². The van der Waals surface area contributed by atoms with Crippen LogP contribution in [0.15, 0.2) is 18.2 Å². The van der Waals surface area contributed by atoms with Crippen LogP contribution in [0.4, 0.5) is 0 Å². The molecular formula is C16H23NO2. The van der Waals surface area contributed by atoms with Gasteiger partial charge in [0.05, 0.1) is 13.0 Å².